The molecule has 3 aliphatic heterocycles. The Morgan fingerprint density at radius 1 is 1.00 bits per heavy atom. The average Bonchev–Trinajstić information content (AvgIpc) is 3.30. The fraction of sp³-hybridized carbons (Fsp3) is 0.630. The molecule has 4 heterocycles. The molecule has 0 bridgehead atoms. The molecule has 3 atom stereocenters. The van der Waals surface area contributed by atoms with Crippen LogP contribution in [0.1, 0.15) is 66.7 Å². The number of morpholine rings is 1. The highest BCUT2D eigenvalue weighted by atomic mass is 16.5. The Labute approximate surface area is 201 Å². The number of nitrogens with zero attached hydrogens (tertiary/aromatic N) is 4. The highest BCUT2D eigenvalue weighted by Gasteiger charge is 2.51. The summed E-state index contributed by atoms with van der Waals surface area (Å²) in [5.74, 6) is 1.08. The summed E-state index contributed by atoms with van der Waals surface area (Å²) in [6.45, 7) is 4.57. The monoisotopic (exact) mass is 464 g/mol. The summed E-state index contributed by atoms with van der Waals surface area (Å²) in [5.41, 5.74) is 1.88. The summed E-state index contributed by atoms with van der Waals surface area (Å²) in [5, 5.41) is 11.9. The molecule has 1 unspecified atom stereocenters. The molecule has 0 radical (unpaired) electrons. The lowest BCUT2D eigenvalue weighted by Gasteiger charge is -2.52. The number of fused-ring (bicyclic) bond motifs is 2. The lowest BCUT2D eigenvalue weighted by molar-refractivity contribution is -0.110. The van der Waals surface area contributed by atoms with Crippen molar-refractivity contribution in [1.29, 1.82) is 0 Å². The van der Waals surface area contributed by atoms with Gasteiger partial charge in [0, 0.05) is 38.1 Å². The van der Waals surface area contributed by atoms with Crippen LogP contribution < -0.4 is 4.90 Å². The molecule has 0 spiro atoms. The molecule has 1 amide bonds. The van der Waals surface area contributed by atoms with Crippen molar-refractivity contribution in [2.24, 2.45) is 5.92 Å². The van der Waals surface area contributed by atoms with Gasteiger partial charge in [-0.1, -0.05) is 43.2 Å². The fourth-order valence-electron chi connectivity index (χ4n) is 6.86. The average molecular weight is 465 g/mol. The SMILES string of the molecule is O=C(c1nc(N2CCOCC2)n2c1CCCC2)N1CCC(O)(c2ccccc2)[C@@H]2CCCC[C@@H]21. The topological polar surface area (TPSA) is 70.8 Å². The van der Waals surface area contributed by atoms with Crippen LogP contribution in [0.3, 0.4) is 0 Å². The van der Waals surface area contributed by atoms with E-state index in [0.29, 0.717) is 31.9 Å². The third-order valence-corrected chi connectivity index (χ3v) is 8.61. The van der Waals surface area contributed by atoms with Crippen molar-refractivity contribution >= 4 is 11.9 Å². The summed E-state index contributed by atoms with van der Waals surface area (Å²) in [4.78, 5) is 23.5. The van der Waals surface area contributed by atoms with E-state index in [4.69, 9.17) is 9.72 Å². The number of ether oxygens (including phenoxy) is 1. The maximum absolute atomic E-state index is 14.1. The van der Waals surface area contributed by atoms with Crippen molar-refractivity contribution in [2.45, 2.75) is 69.6 Å². The van der Waals surface area contributed by atoms with Crippen LogP contribution in [-0.4, -0.2) is 64.4 Å². The molecular weight excluding hydrogens is 428 g/mol. The Balaban J connectivity index is 1.33. The van der Waals surface area contributed by atoms with Gasteiger partial charge in [0.2, 0.25) is 5.95 Å². The zero-order valence-corrected chi connectivity index (χ0v) is 20.0. The summed E-state index contributed by atoms with van der Waals surface area (Å²) >= 11 is 0. The zero-order chi connectivity index (χ0) is 23.1. The van der Waals surface area contributed by atoms with Crippen LogP contribution in [-0.2, 0) is 23.3 Å². The molecule has 34 heavy (non-hydrogen) atoms. The van der Waals surface area contributed by atoms with E-state index in [1.165, 1.54) is 0 Å². The van der Waals surface area contributed by atoms with Gasteiger partial charge in [-0.3, -0.25) is 4.79 Å². The number of aromatic nitrogens is 2. The molecule has 1 aromatic carbocycles. The molecule has 6 rings (SSSR count). The Kier molecular flexibility index (Phi) is 5.86. The van der Waals surface area contributed by atoms with Gasteiger partial charge in [-0.05, 0) is 44.1 Å². The Morgan fingerprint density at radius 3 is 2.62 bits per heavy atom. The van der Waals surface area contributed by atoms with Crippen molar-refractivity contribution < 1.29 is 14.6 Å². The molecule has 1 aliphatic carbocycles. The summed E-state index contributed by atoms with van der Waals surface area (Å²) < 4.78 is 7.85. The normalized spacial score (nSPS) is 29.4. The second-order valence-corrected chi connectivity index (χ2v) is 10.4. The molecule has 1 aromatic heterocycles. The first-order valence-electron chi connectivity index (χ1n) is 13.2. The van der Waals surface area contributed by atoms with Crippen molar-refractivity contribution in [3.63, 3.8) is 0 Å². The predicted molar refractivity (Wildman–Crippen MR) is 130 cm³/mol. The van der Waals surface area contributed by atoms with E-state index in [0.717, 1.165) is 81.8 Å². The van der Waals surface area contributed by atoms with Crippen LogP contribution in [0, 0.1) is 5.92 Å². The van der Waals surface area contributed by atoms with Crippen LogP contribution in [0.5, 0.6) is 0 Å². The smallest absolute Gasteiger partial charge is 0.274 e. The Morgan fingerprint density at radius 2 is 1.79 bits per heavy atom. The first-order valence-corrected chi connectivity index (χ1v) is 13.2. The minimum atomic E-state index is -0.865. The van der Waals surface area contributed by atoms with Gasteiger partial charge in [-0.25, -0.2) is 4.98 Å². The Hall–Kier alpha value is -2.38. The summed E-state index contributed by atoms with van der Waals surface area (Å²) in [6, 6.07) is 10.2. The summed E-state index contributed by atoms with van der Waals surface area (Å²) in [6.07, 6.45) is 7.86. The largest absolute Gasteiger partial charge is 0.385 e. The zero-order valence-electron chi connectivity index (χ0n) is 20.0. The molecule has 7 nitrogen and oxygen atoms in total. The van der Waals surface area contributed by atoms with E-state index < -0.39 is 5.60 Å². The predicted octanol–water partition coefficient (Wildman–Crippen LogP) is 3.35. The van der Waals surface area contributed by atoms with E-state index >= 15 is 0 Å². The Bertz CT molecular complexity index is 1030. The molecular formula is C27H36N4O3. The highest BCUT2D eigenvalue weighted by Crippen LogP contribution is 2.47. The third-order valence-electron chi connectivity index (χ3n) is 8.61. The van der Waals surface area contributed by atoms with E-state index in [1.54, 1.807) is 0 Å². The number of carbonyl (C=O) groups is 1. The van der Waals surface area contributed by atoms with Crippen molar-refractivity contribution in [1.82, 2.24) is 14.5 Å². The number of hydrogen-bond acceptors (Lipinski definition) is 5. The third kappa shape index (κ3) is 3.64. The number of carbonyl (C=O) groups excluding carboxylic acids is 1. The number of amides is 1. The maximum Gasteiger partial charge on any atom is 0.274 e. The van der Waals surface area contributed by atoms with Gasteiger partial charge in [0.05, 0.1) is 24.5 Å². The van der Waals surface area contributed by atoms with Crippen molar-refractivity contribution in [3.05, 3.63) is 47.3 Å². The van der Waals surface area contributed by atoms with Gasteiger partial charge in [0.15, 0.2) is 5.69 Å². The van der Waals surface area contributed by atoms with Gasteiger partial charge >= 0.3 is 0 Å². The number of imidazole rings is 1. The first-order chi connectivity index (χ1) is 16.7. The second kappa shape index (κ2) is 9.00. The molecule has 1 N–H and O–H groups in total. The molecule has 2 saturated heterocycles. The van der Waals surface area contributed by atoms with Crippen LogP contribution in [0.2, 0.25) is 0 Å². The van der Waals surface area contributed by atoms with E-state index in [9.17, 15) is 9.90 Å². The van der Waals surface area contributed by atoms with Gasteiger partial charge in [-0.15, -0.1) is 0 Å². The number of anilines is 1. The number of rotatable bonds is 3. The lowest BCUT2D eigenvalue weighted by Crippen LogP contribution is -2.59. The minimum absolute atomic E-state index is 0.0629. The van der Waals surface area contributed by atoms with Crippen LogP contribution in [0.25, 0.3) is 0 Å². The van der Waals surface area contributed by atoms with Crippen LogP contribution in [0.15, 0.2) is 30.3 Å². The minimum Gasteiger partial charge on any atom is -0.385 e. The van der Waals surface area contributed by atoms with E-state index in [-0.39, 0.29) is 17.9 Å². The molecule has 182 valence electrons. The van der Waals surface area contributed by atoms with Gasteiger partial charge in [0.1, 0.15) is 0 Å². The standard InChI is InChI=1S/C27H36N4O3/c32-25(24-23-12-6-7-14-31(23)26(28-24)29-16-18-34-19-17-29)30-15-13-27(33,20-8-2-1-3-9-20)21-10-4-5-11-22(21)30/h1-3,8-9,21-22,33H,4-7,10-19H2/t21-,22+,27?/m1/s1. The van der Waals surface area contributed by atoms with Gasteiger partial charge in [-0.2, -0.15) is 0 Å². The molecule has 4 aliphatic rings. The number of likely N-dealkylation sites (tertiary alicyclic amines) is 1. The molecule has 3 fully saturated rings. The van der Waals surface area contributed by atoms with Crippen molar-refractivity contribution in [2.75, 3.05) is 37.7 Å². The highest BCUT2D eigenvalue weighted by molar-refractivity contribution is 5.94. The van der Waals surface area contributed by atoms with Gasteiger partial charge < -0.3 is 24.2 Å². The van der Waals surface area contributed by atoms with Gasteiger partial charge in [0.25, 0.3) is 5.91 Å². The molecule has 2 aromatic rings. The fourth-order valence-corrected chi connectivity index (χ4v) is 6.86. The van der Waals surface area contributed by atoms with Crippen LogP contribution >= 0.6 is 0 Å². The maximum atomic E-state index is 14.1. The molecule has 1 saturated carbocycles. The van der Waals surface area contributed by atoms with Crippen molar-refractivity contribution in [3.8, 4) is 0 Å². The number of piperidine rings is 1. The number of aliphatic hydroxyl groups is 1. The second-order valence-electron chi connectivity index (χ2n) is 10.4. The summed E-state index contributed by atoms with van der Waals surface area (Å²) in [7, 11) is 0. The van der Waals surface area contributed by atoms with E-state index in [2.05, 4.69) is 14.4 Å². The quantitative estimate of drug-likeness (QED) is 0.754. The first kappa shape index (κ1) is 22.1. The van der Waals surface area contributed by atoms with E-state index in [1.807, 2.05) is 30.3 Å². The lowest BCUT2D eigenvalue weighted by atomic mass is 9.66. The molecule has 7 heteroatoms. The number of benzene rings is 1. The van der Waals surface area contributed by atoms with Crippen LogP contribution in [0.4, 0.5) is 5.95 Å². The number of hydrogen-bond donors (Lipinski definition) is 1.